The molecule has 0 unspecified atom stereocenters. The number of morpholine rings is 1. The van der Waals surface area contributed by atoms with Crippen molar-refractivity contribution in [3.05, 3.63) is 18.0 Å². The van der Waals surface area contributed by atoms with Gasteiger partial charge in [-0.1, -0.05) is 13.8 Å². The molecule has 11 nitrogen and oxygen atoms in total. The van der Waals surface area contributed by atoms with Gasteiger partial charge in [-0.25, -0.2) is 15.0 Å². The molecule has 2 fully saturated rings. The average Bonchev–Trinajstić information content (AvgIpc) is 3.48. The summed E-state index contributed by atoms with van der Waals surface area (Å²) in [6, 6.07) is -0.476. The van der Waals surface area contributed by atoms with Crippen LogP contribution in [0.1, 0.15) is 32.8 Å². The van der Waals surface area contributed by atoms with Crippen LogP contribution >= 0.6 is 0 Å². The van der Waals surface area contributed by atoms with Gasteiger partial charge in [-0.05, 0) is 25.7 Å². The summed E-state index contributed by atoms with van der Waals surface area (Å²) in [5.41, 5.74) is 14.4. The zero-order valence-electron chi connectivity index (χ0n) is 20.8. The Labute approximate surface area is 205 Å². The fourth-order valence-corrected chi connectivity index (χ4v) is 5.22. The molecular weight excluding hydrogens is 446 g/mol. The van der Waals surface area contributed by atoms with Crippen LogP contribution in [0.3, 0.4) is 0 Å². The first-order valence-electron chi connectivity index (χ1n) is 12.4. The van der Waals surface area contributed by atoms with Gasteiger partial charge in [0.05, 0.1) is 30.5 Å². The van der Waals surface area contributed by atoms with Gasteiger partial charge in [0.25, 0.3) is 0 Å². The van der Waals surface area contributed by atoms with E-state index in [0.717, 1.165) is 55.1 Å². The van der Waals surface area contributed by atoms with Gasteiger partial charge in [-0.2, -0.15) is 4.98 Å². The normalized spacial score (nSPS) is 23.2. The quantitative estimate of drug-likeness (QED) is 0.627. The van der Waals surface area contributed by atoms with E-state index in [9.17, 15) is 4.79 Å². The van der Waals surface area contributed by atoms with Crippen LogP contribution in [0.4, 0.5) is 17.7 Å². The van der Waals surface area contributed by atoms with Crippen molar-refractivity contribution in [2.24, 2.45) is 11.7 Å². The van der Waals surface area contributed by atoms with E-state index in [1.165, 1.54) is 0 Å². The number of rotatable bonds is 5. The number of nitrogen functional groups attached to an aromatic ring is 1. The molecule has 2 aromatic heterocycles. The lowest BCUT2D eigenvalue weighted by atomic mass is 9.99. The van der Waals surface area contributed by atoms with Crippen LogP contribution in [0.5, 0.6) is 0 Å². The lowest BCUT2D eigenvalue weighted by Gasteiger charge is -2.37. The van der Waals surface area contributed by atoms with Crippen LogP contribution in [-0.2, 0) is 16.0 Å². The Morgan fingerprint density at radius 2 is 1.83 bits per heavy atom. The highest BCUT2D eigenvalue weighted by atomic mass is 16.5. The van der Waals surface area contributed by atoms with Gasteiger partial charge in [0, 0.05) is 56.2 Å². The topological polar surface area (TPSA) is 140 Å². The predicted octanol–water partition coefficient (Wildman–Crippen LogP) is 0.689. The van der Waals surface area contributed by atoms with Crippen molar-refractivity contribution in [3.8, 4) is 11.3 Å². The standard InChI is InChI=1S/C24H35N9O2/c1-15(2)18(25)21(34)32-7-5-24(3,14-32)33-6-4-17-19(16-12-27-22(26)28-13-16)29-23(30-20(17)33)31-8-10-35-11-9-31/h12-13,15,18H,4-11,14,25H2,1-3H3,(H2,26,27,28)/t18-,24-/m0/s1. The molecule has 11 heteroatoms. The van der Waals surface area contributed by atoms with E-state index in [-0.39, 0.29) is 23.3 Å². The molecule has 2 saturated heterocycles. The molecule has 5 rings (SSSR count). The molecule has 188 valence electrons. The van der Waals surface area contributed by atoms with Crippen LogP contribution in [0.25, 0.3) is 11.3 Å². The minimum Gasteiger partial charge on any atom is -0.378 e. The van der Waals surface area contributed by atoms with E-state index in [1.807, 2.05) is 18.7 Å². The third-order valence-corrected chi connectivity index (χ3v) is 7.47. The first-order chi connectivity index (χ1) is 16.8. The van der Waals surface area contributed by atoms with E-state index >= 15 is 0 Å². The number of carbonyl (C=O) groups excluding carboxylic acids is 1. The first kappa shape index (κ1) is 23.7. The fraction of sp³-hybridized carbons (Fsp3) is 0.625. The summed E-state index contributed by atoms with van der Waals surface area (Å²) >= 11 is 0. The molecule has 1 amide bonds. The largest absolute Gasteiger partial charge is 0.378 e. The summed E-state index contributed by atoms with van der Waals surface area (Å²) in [5, 5.41) is 0. The zero-order chi connectivity index (χ0) is 24.7. The second-order valence-corrected chi connectivity index (χ2v) is 10.3. The number of likely N-dealkylation sites (tertiary alicyclic amines) is 1. The van der Waals surface area contributed by atoms with Gasteiger partial charge in [-0.3, -0.25) is 4.79 Å². The number of nitrogens with zero attached hydrogens (tertiary/aromatic N) is 7. The lowest BCUT2D eigenvalue weighted by molar-refractivity contribution is -0.132. The monoisotopic (exact) mass is 481 g/mol. The summed E-state index contributed by atoms with van der Waals surface area (Å²) < 4.78 is 5.54. The maximum absolute atomic E-state index is 13.0. The molecule has 4 N–H and O–H groups in total. The number of amides is 1. The van der Waals surface area contributed by atoms with Gasteiger partial charge in [-0.15, -0.1) is 0 Å². The third-order valence-electron chi connectivity index (χ3n) is 7.47. The molecule has 0 aromatic carbocycles. The second kappa shape index (κ2) is 9.19. The molecule has 0 radical (unpaired) electrons. The number of fused-ring (bicyclic) bond motifs is 1. The number of nitrogens with two attached hydrogens (primary N) is 2. The van der Waals surface area contributed by atoms with Crippen LogP contribution in [0, 0.1) is 5.92 Å². The number of carbonyl (C=O) groups is 1. The Kier molecular flexibility index (Phi) is 6.22. The van der Waals surface area contributed by atoms with E-state index in [2.05, 4.69) is 26.7 Å². The maximum Gasteiger partial charge on any atom is 0.239 e. The molecule has 5 heterocycles. The average molecular weight is 482 g/mol. The summed E-state index contributed by atoms with van der Waals surface area (Å²) in [4.78, 5) is 37.9. The molecule has 3 aliphatic rings. The number of hydrogen-bond donors (Lipinski definition) is 2. The highest BCUT2D eigenvalue weighted by molar-refractivity contribution is 5.82. The van der Waals surface area contributed by atoms with Crippen LogP contribution in [-0.4, -0.2) is 88.3 Å². The third kappa shape index (κ3) is 4.38. The molecular formula is C24H35N9O2. The Balaban J connectivity index is 1.50. The van der Waals surface area contributed by atoms with Crippen LogP contribution < -0.4 is 21.3 Å². The van der Waals surface area contributed by atoms with Crippen molar-refractivity contribution in [2.75, 3.05) is 61.5 Å². The van der Waals surface area contributed by atoms with Crippen molar-refractivity contribution < 1.29 is 9.53 Å². The SMILES string of the molecule is CC(C)[C@H](N)C(=O)N1CC[C@](C)(N2CCc3c(-c4cnc(N)nc4)nc(N4CCOCC4)nc32)C1. The highest BCUT2D eigenvalue weighted by Gasteiger charge is 2.45. The highest BCUT2D eigenvalue weighted by Crippen LogP contribution is 2.41. The first-order valence-corrected chi connectivity index (χ1v) is 12.4. The lowest BCUT2D eigenvalue weighted by Crippen LogP contribution is -2.51. The smallest absolute Gasteiger partial charge is 0.239 e. The van der Waals surface area contributed by atoms with Gasteiger partial charge < -0.3 is 30.9 Å². The van der Waals surface area contributed by atoms with Gasteiger partial charge in [0.2, 0.25) is 17.8 Å². The van der Waals surface area contributed by atoms with Crippen molar-refractivity contribution in [1.82, 2.24) is 24.8 Å². The van der Waals surface area contributed by atoms with Crippen LogP contribution in [0.15, 0.2) is 12.4 Å². The molecule has 2 atom stereocenters. The van der Waals surface area contributed by atoms with Gasteiger partial charge in [0.1, 0.15) is 5.82 Å². The van der Waals surface area contributed by atoms with Crippen molar-refractivity contribution in [1.29, 1.82) is 0 Å². The minimum absolute atomic E-state index is 0.0274. The fourth-order valence-electron chi connectivity index (χ4n) is 5.22. The minimum atomic E-state index is -0.476. The van der Waals surface area contributed by atoms with E-state index < -0.39 is 6.04 Å². The maximum atomic E-state index is 13.0. The number of aromatic nitrogens is 4. The zero-order valence-corrected chi connectivity index (χ0v) is 20.8. The Bertz CT molecular complexity index is 1090. The second-order valence-electron chi connectivity index (χ2n) is 10.3. The van der Waals surface area contributed by atoms with Crippen molar-refractivity contribution in [2.45, 2.75) is 45.2 Å². The molecule has 0 bridgehead atoms. The summed E-state index contributed by atoms with van der Waals surface area (Å²) in [7, 11) is 0. The summed E-state index contributed by atoms with van der Waals surface area (Å²) in [6.07, 6.45) is 5.12. The summed E-state index contributed by atoms with van der Waals surface area (Å²) in [5.74, 6) is 1.98. The molecule has 2 aromatic rings. The van der Waals surface area contributed by atoms with Crippen molar-refractivity contribution >= 4 is 23.6 Å². The summed E-state index contributed by atoms with van der Waals surface area (Å²) in [6.45, 7) is 11.1. The molecule has 3 aliphatic heterocycles. The number of ether oxygens (including phenoxy) is 1. The Morgan fingerprint density at radius 1 is 1.11 bits per heavy atom. The van der Waals surface area contributed by atoms with Gasteiger partial charge >= 0.3 is 0 Å². The predicted molar refractivity (Wildman–Crippen MR) is 134 cm³/mol. The Morgan fingerprint density at radius 3 is 2.51 bits per heavy atom. The van der Waals surface area contributed by atoms with Crippen molar-refractivity contribution in [3.63, 3.8) is 0 Å². The molecule has 35 heavy (non-hydrogen) atoms. The molecule has 0 aliphatic carbocycles. The molecule has 0 saturated carbocycles. The Hall–Kier alpha value is -3.05. The number of hydrogen-bond acceptors (Lipinski definition) is 10. The van der Waals surface area contributed by atoms with Gasteiger partial charge in [0.15, 0.2) is 0 Å². The van der Waals surface area contributed by atoms with E-state index in [1.54, 1.807) is 12.4 Å². The van der Waals surface area contributed by atoms with E-state index in [4.69, 9.17) is 26.2 Å². The van der Waals surface area contributed by atoms with Crippen LogP contribution in [0.2, 0.25) is 0 Å². The number of anilines is 3. The molecule has 0 spiro atoms. The van der Waals surface area contributed by atoms with E-state index in [0.29, 0.717) is 32.3 Å².